The summed E-state index contributed by atoms with van der Waals surface area (Å²) in [6.45, 7) is 1.73. The molecule has 0 radical (unpaired) electrons. The van der Waals surface area contributed by atoms with E-state index in [1.807, 2.05) is 0 Å². The number of ether oxygens (including phenoxy) is 2. The number of para-hydroxylation sites is 2. The Morgan fingerprint density at radius 3 is 2.60 bits per heavy atom. The number of imidazole rings is 1. The van der Waals surface area contributed by atoms with Crippen LogP contribution in [-0.2, 0) is 13.0 Å². The maximum Gasteiger partial charge on any atom is 0.251 e. The number of fused-ring (bicyclic) bond motifs is 1. The average molecular weight is 478 g/mol. The molecule has 1 aliphatic rings. The number of rotatable bonds is 12. The molecule has 1 saturated carbocycles. The molecular formula is C29H39N3O3. The molecular weight excluding hydrogens is 438 g/mol. The SMILES string of the molecule is COc1ccc(C(=O)NCCCCCc2nc3ccccc3n2CCC2CCCCC2)cc1OC. The Bertz CT molecular complexity index is 1100. The average Bonchev–Trinajstić information content (AvgIpc) is 3.26. The van der Waals surface area contributed by atoms with Crippen LogP contribution in [0.5, 0.6) is 11.5 Å². The predicted molar refractivity (Wildman–Crippen MR) is 140 cm³/mol. The first-order valence-electron chi connectivity index (χ1n) is 13.1. The van der Waals surface area contributed by atoms with Gasteiger partial charge in [-0.3, -0.25) is 4.79 Å². The van der Waals surface area contributed by atoms with E-state index in [0.29, 0.717) is 23.6 Å². The molecule has 3 aromatic rings. The largest absolute Gasteiger partial charge is 0.493 e. The van der Waals surface area contributed by atoms with Crippen molar-refractivity contribution < 1.29 is 14.3 Å². The van der Waals surface area contributed by atoms with E-state index in [2.05, 4.69) is 34.1 Å². The van der Waals surface area contributed by atoms with Gasteiger partial charge in [0.25, 0.3) is 5.91 Å². The van der Waals surface area contributed by atoms with E-state index in [1.165, 1.54) is 49.9 Å². The highest BCUT2D eigenvalue weighted by atomic mass is 16.5. The molecule has 0 bridgehead atoms. The number of methoxy groups -OCH3 is 2. The fourth-order valence-electron chi connectivity index (χ4n) is 5.22. The Morgan fingerprint density at radius 2 is 1.80 bits per heavy atom. The molecule has 1 fully saturated rings. The van der Waals surface area contributed by atoms with Gasteiger partial charge in [-0.25, -0.2) is 4.98 Å². The van der Waals surface area contributed by atoms with Crippen molar-refractivity contribution in [2.75, 3.05) is 20.8 Å². The molecule has 4 rings (SSSR count). The summed E-state index contributed by atoms with van der Waals surface area (Å²) in [4.78, 5) is 17.5. The minimum atomic E-state index is -0.0875. The van der Waals surface area contributed by atoms with Crippen LogP contribution in [0.15, 0.2) is 42.5 Å². The number of nitrogens with one attached hydrogen (secondary N) is 1. The number of benzene rings is 2. The zero-order valence-electron chi connectivity index (χ0n) is 21.2. The summed E-state index contributed by atoms with van der Waals surface area (Å²) in [6.07, 6.45) is 12.3. The summed E-state index contributed by atoms with van der Waals surface area (Å²) in [6, 6.07) is 13.8. The summed E-state index contributed by atoms with van der Waals surface area (Å²) in [7, 11) is 3.16. The normalized spacial score (nSPS) is 14.2. The highest BCUT2D eigenvalue weighted by molar-refractivity contribution is 5.94. The first-order valence-corrected chi connectivity index (χ1v) is 13.1. The Balaban J connectivity index is 1.25. The lowest BCUT2D eigenvalue weighted by Crippen LogP contribution is -2.24. The van der Waals surface area contributed by atoms with Crippen LogP contribution in [0.1, 0.15) is 74.0 Å². The molecule has 6 heteroatoms. The molecule has 188 valence electrons. The van der Waals surface area contributed by atoms with Crippen molar-refractivity contribution in [3.8, 4) is 11.5 Å². The lowest BCUT2D eigenvalue weighted by Gasteiger charge is -2.22. The first-order chi connectivity index (χ1) is 17.2. The van der Waals surface area contributed by atoms with Crippen LogP contribution >= 0.6 is 0 Å². The highest BCUT2D eigenvalue weighted by Gasteiger charge is 2.16. The van der Waals surface area contributed by atoms with Crippen molar-refractivity contribution in [1.82, 2.24) is 14.9 Å². The number of aryl methyl sites for hydroxylation is 2. The van der Waals surface area contributed by atoms with E-state index in [0.717, 1.165) is 43.7 Å². The van der Waals surface area contributed by atoms with Gasteiger partial charge in [0.05, 0.1) is 25.3 Å². The molecule has 0 unspecified atom stereocenters. The summed E-state index contributed by atoms with van der Waals surface area (Å²) in [5.74, 6) is 3.17. The molecule has 0 saturated heterocycles. The van der Waals surface area contributed by atoms with Gasteiger partial charge in [0.15, 0.2) is 11.5 Å². The van der Waals surface area contributed by atoms with Crippen molar-refractivity contribution in [3.63, 3.8) is 0 Å². The Hall–Kier alpha value is -3.02. The molecule has 1 heterocycles. The van der Waals surface area contributed by atoms with Gasteiger partial charge < -0.3 is 19.4 Å². The number of carbonyl (C=O) groups is 1. The van der Waals surface area contributed by atoms with Gasteiger partial charge in [-0.05, 0) is 55.5 Å². The fourth-order valence-corrected chi connectivity index (χ4v) is 5.22. The first kappa shape index (κ1) is 25.1. The van der Waals surface area contributed by atoms with E-state index in [-0.39, 0.29) is 5.91 Å². The zero-order chi connectivity index (χ0) is 24.5. The van der Waals surface area contributed by atoms with Crippen LogP contribution < -0.4 is 14.8 Å². The van der Waals surface area contributed by atoms with Crippen LogP contribution in [0, 0.1) is 5.92 Å². The van der Waals surface area contributed by atoms with Crippen LogP contribution in [0.2, 0.25) is 0 Å². The monoisotopic (exact) mass is 477 g/mol. The summed E-state index contributed by atoms with van der Waals surface area (Å²) in [5.41, 5.74) is 2.95. The molecule has 1 aliphatic carbocycles. The number of carbonyl (C=O) groups excluding carboxylic acids is 1. The van der Waals surface area contributed by atoms with Gasteiger partial charge in [-0.15, -0.1) is 0 Å². The molecule has 0 atom stereocenters. The third-order valence-electron chi connectivity index (χ3n) is 7.23. The Kier molecular flexibility index (Phi) is 9.04. The maximum atomic E-state index is 12.5. The standard InChI is InChI=1S/C29H39N3O3/c1-34-26-17-16-23(21-27(26)35-2)29(33)30-19-10-4-7-15-28-31-24-13-8-9-14-25(24)32(28)20-18-22-11-5-3-6-12-22/h8-9,13-14,16-17,21-22H,3-7,10-12,15,18-20H2,1-2H3,(H,30,33). The zero-order valence-corrected chi connectivity index (χ0v) is 21.2. The van der Waals surface area contributed by atoms with Gasteiger partial charge in [0.2, 0.25) is 0 Å². The van der Waals surface area contributed by atoms with E-state index in [9.17, 15) is 4.79 Å². The summed E-state index contributed by atoms with van der Waals surface area (Å²) < 4.78 is 13.0. The van der Waals surface area contributed by atoms with Gasteiger partial charge in [-0.1, -0.05) is 50.7 Å². The van der Waals surface area contributed by atoms with Crippen molar-refractivity contribution in [2.24, 2.45) is 5.92 Å². The maximum absolute atomic E-state index is 12.5. The molecule has 6 nitrogen and oxygen atoms in total. The van der Waals surface area contributed by atoms with Gasteiger partial charge in [0.1, 0.15) is 5.82 Å². The van der Waals surface area contributed by atoms with E-state index >= 15 is 0 Å². The molecule has 1 amide bonds. The van der Waals surface area contributed by atoms with Gasteiger partial charge in [-0.2, -0.15) is 0 Å². The van der Waals surface area contributed by atoms with Crippen molar-refractivity contribution in [3.05, 3.63) is 53.9 Å². The third-order valence-corrected chi connectivity index (χ3v) is 7.23. The highest BCUT2D eigenvalue weighted by Crippen LogP contribution is 2.29. The minimum absolute atomic E-state index is 0.0875. The van der Waals surface area contributed by atoms with E-state index < -0.39 is 0 Å². The predicted octanol–water partition coefficient (Wildman–Crippen LogP) is 6.17. The number of nitrogens with zero attached hydrogens (tertiary/aromatic N) is 2. The molecule has 0 spiro atoms. The Labute approximate surface area is 209 Å². The lowest BCUT2D eigenvalue weighted by molar-refractivity contribution is 0.0952. The van der Waals surface area contributed by atoms with Crippen LogP contribution in [0.3, 0.4) is 0 Å². The van der Waals surface area contributed by atoms with Crippen molar-refractivity contribution >= 4 is 16.9 Å². The second-order valence-electron chi connectivity index (χ2n) is 9.60. The summed E-state index contributed by atoms with van der Waals surface area (Å²) >= 11 is 0. The van der Waals surface area contributed by atoms with Crippen molar-refractivity contribution in [2.45, 2.75) is 70.8 Å². The quantitative estimate of drug-likeness (QED) is 0.317. The van der Waals surface area contributed by atoms with Gasteiger partial charge >= 0.3 is 0 Å². The molecule has 1 aromatic heterocycles. The molecule has 1 N–H and O–H groups in total. The number of unbranched alkanes of at least 4 members (excludes halogenated alkanes) is 2. The second-order valence-corrected chi connectivity index (χ2v) is 9.60. The Morgan fingerprint density at radius 1 is 1.00 bits per heavy atom. The smallest absolute Gasteiger partial charge is 0.251 e. The minimum Gasteiger partial charge on any atom is -0.493 e. The fraction of sp³-hybridized carbons (Fsp3) is 0.517. The lowest BCUT2D eigenvalue weighted by atomic mass is 9.87. The van der Waals surface area contributed by atoms with Crippen LogP contribution in [-0.4, -0.2) is 36.2 Å². The summed E-state index contributed by atoms with van der Waals surface area (Å²) in [5, 5.41) is 3.02. The van der Waals surface area contributed by atoms with Gasteiger partial charge in [0, 0.05) is 25.1 Å². The molecule has 2 aromatic carbocycles. The number of hydrogen-bond donors (Lipinski definition) is 1. The second kappa shape index (κ2) is 12.6. The van der Waals surface area contributed by atoms with Crippen LogP contribution in [0.4, 0.5) is 0 Å². The van der Waals surface area contributed by atoms with E-state index in [1.54, 1.807) is 32.4 Å². The van der Waals surface area contributed by atoms with Crippen molar-refractivity contribution in [1.29, 1.82) is 0 Å². The number of amides is 1. The number of hydrogen-bond acceptors (Lipinski definition) is 4. The number of aromatic nitrogens is 2. The molecule has 35 heavy (non-hydrogen) atoms. The van der Waals surface area contributed by atoms with E-state index in [4.69, 9.17) is 14.5 Å². The molecule has 0 aliphatic heterocycles. The van der Waals surface area contributed by atoms with Crippen LogP contribution in [0.25, 0.3) is 11.0 Å². The third kappa shape index (κ3) is 6.56. The topological polar surface area (TPSA) is 65.4 Å².